The van der Waals surface area contributed by atoms with Crippen molar-refractivity contribution in [1.82, 2.24) is 10.2 Å². The minimum Gasteiger partial charge on any atom is -0.466 e. The summed E-state index contributed by atoms with van der Waals surface area (Å²) in [6, 6.07) is 0. The molecule has 0 atom stereocenters. The van der Waals surface area contributed by atoms with Gasteiger partial charge in [-0.25, -0.2) is 0 Å². The first-order chi connectivity index (χ1) is 6.26. The monoisotopic (exact) mass is 200 g/mol. The molecule has 0 fully saturated rings. The van der Waals surface area contributed by atoms with Crippen LogP contribution in [0, 0.1) is 0 Å². The van der Waals surface area contributed by atoms with Gasteiger partial charge >= 0.3 is 5.97 Å². The van der Waals surface area contributed by atoms with Crippen LogP contribution in [0.1, 0.15) is 23.9 Å². The second-order valence-corrected chi connectivity index (χ2v) is 3.57. The van der Waals surface area contributed by atoms with E-state index >= 15 is 0 Å². The second-order valence-electron chi connectivity index (χ2n) is 2.42. The normalized spacial score (nSPS) is 10.0. The van der Waals surface area contributed by atoms with Crippen LogP contribution >= 0.6 is 11.3 Å². The summed E-state index contributed by atoms with van der Waals surface area (Å²) in [5, 5.41) is 9.47. The van der Waals surface area contributed by atoms with Gasteiger partial charge in [0.2, 0.25) is 0 Å². The second kappa shape index (κ2) is 4.91. The van der Waals surface area contributed by atoms with E-state index < -0.39 is 0 Å². The molecule has 1 aromatic rings. The highest BCUT2D eigenvalue weighted by Crippen LogP contribution is 2.10. The molecule has 0 aliphatic rings. The fourth-order valence-corrected chi connectivity index (χ4v) is 1.61. The molecule has 4 nitrogen and oxygen atoms in total. The molecule has 0 spiro atoms. The van der Waals surface area contributed by atoms with E-state index in [0.29, 0.717) is 6.61 Å². The van der Waals surface area contributed by atoms with E-state index in [1.807, 2.05) is 6.92 Å². The third kappa shape index (κ3) is 3.10. The molecule has 1 rings (SSSR count). The largest absolute Gasteiger partial charge is 0.466 e. The van der Waals surface area contributed by atoms with Crippen molar-refractivity contribution in [1.29, 1.82) is 0 Å². The van der Waals surface area contributed by atoms with Gasteiger partial charge in [0.05, 0.1) is 13.0 Å². The van der Waals surface area contributed by atoms with Crippen molar-refractivity contribution in [3.8, 4) is 0 Å². The average Bonchev–Trinajstić information content (AvgIpc) is 2.52. The maximum Gasteiger partial charge on any atom is 0.312 e. The fraction of sp³-hybridized carbons (Fsp3) is 0.625. The van der Waals surface area contributed by atoms with Gasteiger partial charge in [0, 0.05) is 0 Å². The lowest BCUT2D eigenvalue weighted by atomic mass is 10.5. The van der Waals surface area contributed by atoms with Crippen molar-refractivity contribution < 1.29 is 9.53 Å². The van der Waals surface area contributed by atoms with Gasteiger partial charge in [0.1, 0.15) is 10.0 Å². The van der Waals surface area contributed by atoms with Crippen LogP contribution in [0.5, 0.6) is 0 Å². The van der Waals surface area contributed by atoms with Gasteiger partial charge in [0.15, 0.2) is 0 Å². The average molecular weight is 200 g/mol. The lowest BCUT2D eigenvalue weighted by Crippen LogP contribution is -2.07. The van der Waals surface area contributed by atoms with Crippen molar-refractivity contribution in [2.24, 2.45) is 0 Å². The summed E-state index contributed by atoms with van der Waals surface area (Å²) in [7, 11) is 0. The smallest absolute Gasteiger partial charge is 0.312 e. The summed E-state index contributed by atoms with van der Waals surface area (Å²) in [4.78, 5) is 11.0. The molecule has 0 N–H and O–H groups in total. The Kier molecular flexibility index (Phi) is 3.82. The van der Waals surface area contributed by atoms with Crippen molar-refractivity contribution >= 4 is 17.3 Å². The Bertz CT molecular complexity index is 285. The highest BCUT2D eigenvalue weighted by molar-refractivity contribution is 7.11. The van der Waals surface area contributed by atoms with Crippen LogP contribution < -0.4 is 0 Å². The van der Waals surface area contributed by atoms with E-state index in [4.69, 9.17) is 4.74 Å². The van der Waals surface area contributed by atoms with Crippen molar-refractivity contribution in [2.75, 3.05) is 6.61 Å². The van der Waals surface area contributed by atoms with Gasteiger partial charge < -0.3 is 4.74 Å². The number of hydrogen-bond donors (Lipinski definition) is 0. The molecule has 0 amide bonds. The Morgan fingerprint density at radius 3 is 2.62 bits per heavy atom. The Balaban J connectivity index is 2.49. The highest BCUT2D eigenvalue weighted by Gasteiger charge is 2.08. The SMILES string of the molecule is CCOC(=O)Cc1nnc(CC)s1. The minimum atomic E-state index is -0.235. The number of aryl methyl sites for hydroxylation is 1. The molecule has 1 heterocycles. The first-order valence-electron chi connectivity index (χ1n) is 4.23. The van der Waals surface area contributed by atoms with Gasteiger partial charge in [-0.2, -0.15) is 0 Å². The molecule has 0 saturated carbocycles. The number of hydrogen-bond acceptors (Lipinski definition) is 5. The van der Waals surface area contributed by atoms with E-state index in [1.165, 1.54) is 11.3 Å². The van der Waals surface area contributed by atoms with E-state index in [-0.39, 0.29) is 12.4 Å². The molecule has 0 unspecified atom stereocenters. The highest BCUT2D eigenvalue weighted by atomic mass is 32.1. The van der Waals surface area contributed by atoms with Crippen molar-refractivity contribution in [3.05, 3.63) is 10.0 Å². The number of carbonyl (C=O) groups excluding carboxylic acids is 1. The third-order valence-corrected chi connectivity index (χ3v) is 2.48. The van der Waals surface area contributed by atoms with Crippen LogP contribution in [0.15, 0.2) is 0 Å². The lowest BCUT2D eigenvalue weighted by molar-refractivity contribution is -0.142. The molecule has 0 radical (unpaired) electrons. The topological polar surface area (TPSA) is 52.1 Å². The maximum absolute atomic E-state index is 11.0. The molecule has 0 aliphatic carbocycles. The van der Waals surface area contributed by atoms with Crippen LogP contribution in [-0.2, 0) is 22.4 Å². The zero-order chi connectivity index (χ0) is 9.68. The predicted molar refractivity (Wildman–Crippen MR) is 49.6 cm³/mol. The van der Waals surface area contributed by atoms with E-state index in [0.717, 1.165) is 16.4 Å². The molecule has 5 heteroatoms. The fourth-order valence-electron chi connectivity index (χ4n) is 0.838. The van der Waals surface area contributed by atoms with E-state index in [9.17, 15) is 4.79 Å². The Morgan fingerprint density at radius 2 is 2.08 bits per heavy atom. The molecule has 0 saturated heterocycles. The maximum atomic E-state index is 11.0. The van der Waals surface area contributed by atoms with E-state index in [1.54, 1.807) is 6.92 Å². The summed E-state index contributed by atoms with van der Waals surface area (Å²) in [5.41, 5.74) is 0. The van der Waals surface area contributed by atoms with Crippen LogP contribution in [0.4, 0.5) is 0 Å². The molecule has 0 aliphatic heterocycles. The van der Waals surface area contributed by atoms with Gasteiger partial charge in [-0.15, -0.1) is 21.5 Å². The number of esters is 1. The molecule has 1 aromatic heterocycles. The van der Waals surface area contributed by atoms with Crippen LogP contribution in [0.2, 0.25) is 0 Å². The number of nitrogens with zero attached hydrogens (tertiary/aromatic N) is 2. The van der Waals surface area contributed by atoms with Crippen LogP contribution in [0.3, 0.4) is 0 Å². The summed E-state index contributed by atoms with van der Waals surface area (Å²) in [6.07, 6.45) is 1.10. The standard InChI is InChI=1S/C8H12N2O2S/c1-3-6-9-10-7(13-6)5-8(11)12-4-2/h3-5H2,1-2H3. The Morgan fingerprint density at radius 1 is 1.38 bits per heavy atom. The summed E-state index contributed by atoms with van der Waals surface area (Å²) in [6.45, 7) is 4.21. The number of aromatic nitrogens is 2. The van der Waals surface area contributed by atoms with Crippen LogP contribution in [-0.4, -0.2) is 22.8 Å². The molecule has 0 bridgehead atoms. The first kappa shape index (κ1) is 10.1. The zero-order valence-corrected chi connectivity index (χ0v) is 8.56. The van der Waals surface area contributed by atoms with Gasteiger partial charge in [0.25, 0.3) is 0 Å². The Hall–Kier alpha value is -0.970. The van der Waals surface area contributed by atoms with Gasteiger partial charge in [-0.05, 0) is 13.3 Å². The number of rotatable bonds is 4. The predicted octanol–water partition coefficient (Wildman–Crippen LogP) is 1.21. The summed E-state index contributed by atoms with van der Waals surface area (Å²) < 4.78 is 4.79. The van der Waals surface area contributed by atoms with E-state index in [2.05, 4.69) is 10.2 Å². The van der Waals surface area contributed by atoms with Gasteiger partial charge in [-0.1, -0.05) is 6.92 Å². The molecular formula is C8H12N2O2S. The summed E-state index contributed by atoms with van der Waals surface area (Å²) in [5.74, 6) is -0.235. The van der Waals surface area contributed by atoms with Crippen molar-refractivity contribution in [3.63, 3.8) is 0 Å². The third-order valence-electron chi connectivity index (χ3n) is 1.41. The Labute approximate surface area is 80.9 Å². The molecule has 13 heavy (non-hydrogen) atoms. The summed E-state index contributed by atoms with van der Waals surface area (Å²) >= 11 is 1.46. The minimum absolute atomic E-state index is 0.235. The molecule has 0 aromatic carbocycles. The number of ether oxygens (including phenoxy) is 1. The first-order valence-corrected chi connectivity index (χ1v) is 5.04. The van der Waals surface area contributed by atoms with Crippen LogP contribution in [0.25, 0.3) is 0 Å². The van der Waals surface area contributed by atoms with Gasteiger partial charge in [-0.3, -0.25) is 4.79 Å². The molecule has 72 valence electrons. The quantitative estimate of drug-likeness (QED) is 0.685. The lowest BCUT2D eigenvalue weighted by Gasteiger charge is -1.96. The molecular weight excluding hydrogens is 188 g/mol. The number of carbonyl (C=O) groups is 1. The zero-order valence-electron chi connectivity index (χ0n) is 7.74. The van der Waals surface area contributed by atoms with Crippen molar-refractivity contribution in [2.45, 2.75) is 26.7 Å².